The molecule has 0 aromatic carbocycles. The predicted molar refractivity (Wildman–Crippen MR) is 68.7 cm³/mol. The Labute approximate surface area is 109 Å². The monoisotopic (exact) mass is 262 g/mol. The van der Waals surface area contributed by atoms with Gasteiger partial charge < -0.3 is 5.32 Å². The highest BCUT2D eigenvalue weighted by atomic mass is 35.5. The average molecular weight is 263 g/mol. The molecule has 1 N–H and O–H groups in total. The third-order valence-corrected chi connectivity index (χ3v) is 2.52. The fraction of sp³-hybridized carbons (Fsp3) is 0.167. The van der Waals surface area contributed by atoms with E-state index in [1.54, 1.807) is 6.07 Å². The fourth-order valence-corrected chi connectivity index (χ4v) is 1.53. The molecule has 1 amide bonds. The maximum atomic E-state index is 11.9. The van der Waals surface area contributed by atoms with Crippen LogP contribution in [0.3, 0.4) is 0 Å². The van der Waals surface area contributed by atoms with Crippen LogP contribution in [0, 0.1) is 13.8 Å². The number of nitrogens with one attached hydrogen (secondary N) is 1. The summed E-state index contributed by atoms with van der Waals surface area (Å²) < 4.78 is 0. The molecular formula is C12H11ClN4O. The van der Waals surface area contributed by atoms with Crippen LogP contribution in [-0.2, 0) is 0 Å². The number of nitrogens with zero attached hydrogens (tertiary/aromatic N) is 3. The number of halogens is 1. The first kappa shape index (κ1) is 12.4. The highest BCUT2D eigenvalue weighted by Crippen LogP contribution is 2.13. The molecule has 18 heavy (non-hydrogen) atoms. The van der Waals surface area contributed by atoms with Crippen molar-refractivity contribution in [3.8, 4) is 0 Å². The van der Waals surface area contributed by atoms with Gasteiger partial charge in [0.25, 0.3) is 5.91 Å². The molecule has 0 unspecified atom stereocenters. The largest absolute Gasteiger partial charge is 0.319 e. The molecule has 5 nitrogen and oxygen atoms in total. The van der Waals surface area contributed by atoms with Crippen molar-refractivity contribution >= 4 is 23.2 Å². The Hall–Kier alpha value is -2.01. The second-order valence-corrected chi connectivity index (χ2v) is 4.15. The second kappa shape index (κ2) is 5.10. The van der Waals surface area contributed by atoms with Gasteiger partial charge in [0.1, 0.15) is 10.8 Å². The quantitative estimate of drug-likeness (QED) is 0.902. The Bertz CT molecular complexity index is 583. The van der Waals surface area contributed by atoms with Gasteiger partial charge in [0.05, 0.1) is 23.8 Å². The summed E-state index contributed by atoms with van der Waals surface area (Å²) in [6.45, 7) is 3.72. The Kier molecular flexibility index (Phi) is 3.53. The first-order chi connectivity index (χ1) is 8.56. The van der Waals surface area contributed by atoms with Gasteiger partial charge in [-0.2, -0.15) is 0 Å². The maximum absolute atomic E-state index is 11.9. The molecule has 2 rings (SSSR count). The average Bonchev–Trinajstić information content (AvgIpc) is 2.33. The molecule has 0 saturated heterocycles. The van der Waals surface area contributed by atoms with Crippen molar-refractivity contribution in [2.75, 3.05) is 5.32 Å². The number of aryl methyl sites for hydroxylation is 2. The summed E-state index contributed by atoms with van der Waals surface area (Å²) in [5.74, 6) is -0.340. The molecule has 2 aromatic heterocycles. The van der Waals surface area contributed by atoms with Gasteiger partial charge in [-0.3, -0.25) is 9.78 Å². The molecule has 0 saturated carbocycles. The van der Waals surface area contributed by atoms with Crippen LogP contribution in [0.15, 0.2) is 24.5 Å². The van der Waals surface area contributed by atoms with E-state index in [-0.39, 0.29) is 16.8 Å². The molecule has 2 aromatic rings. The minimum absolute atomic E-state index is 0.208. The second-order valence-electron chi connectivity index (χ2n) is 3.76. The molecule has 0 aliphatic carbocycles. The number of amides is 1. The Morgan fingerprint density at radius 1 is 1.22 bits per heavy atom. The van der Waals surface area contributed by atoms with Crippen molar-refractivity contribution in [2.45, 2.75) is 13.8 Å². The molecular weight excluding hydrogens is 252 g/mol. The van der Waals surface area contributed by atoms with E-state index in [9.17, 15) is 4.79 Å². The van der Waals surface area contributed by atoms with Gasteiger partial charge in [-0.15, -0.1) is 0 Å². The highest BCUT2D eigenvalue weighted by molar-refractivity contribution is 6.29. The molecule has 0 fully saturated rings. The van der Waals surface area contributed by atoms with E-state index in [4.69, 9.17) is 11.6 Å². The summed E-state index contributed by atoms with van der Waals surface area (Å²) in [5.41, 5.74) is 2.52. The molecule has 0 spiro atoms. The van der Waals surface area contributed by atoms with Crippen molar-refractivity contribution in [1.82, 2.24) is 15.0 Å². The first-order valence-corrected chi connectivity index (χ1v) is 5.67. The molecule has 0 atom stereocenters. The summed E-state index contributed by atoms with van der Waals surface area (Å²) in [5, 5.41) is 2.98. The van der Waals surface area contributed by atoms with E-state index in [1.165, 1.54) is 12.4 Å². The molecule has 2 heterocycles. The number of pyridine rings is 1. The standard InChI is InChI=1S/C12H11ClN4O/c1-7-3-4-9(8(2)16-7)17-12(18)10-5-15-11(13)6-14-10/h3-6H,1-2H3,(H,17,18). The summed E-state index contributed by atoms with van der Waals surface area (Å²) in [6, 6.07) is 3.63. The van der Waals surface area contributed by atoms with E-state index >= 15 is 0 Å². The van der Waals surface area contributed by atoms with Crippen molar-refractivity contribution in [1.29, 1.82) is 0 Å². The molecule has 0 aliphatic rings. The lowest BCUT2D eigenvalue weighted by Gasteiger charge is -2.07. The number of hydrogen-bond acceptors (Lipinski definition) is 4. The lowest BCUT2D eigenvalue weighted by Crippen LogP contribution is -2.15. The number of rotatable bonds is 2. The maximum Gasteiger partial charge on any atom is 0.275 e. The smallest absolute Gasteiger partial charge is 0.275 e. The van der Waals surface area contributed by atoms with Crippen LogP contribution in [0.1, 0.15) is 21.9 Å². The van der Waals surface area contributed by atoms with Crippen molar-refractivity contribution in [2.24, 2.45) is 0 Å². The minimum atomic E-state index is -0.340. The van der Waals surface area contributed by atoms with Gasteiger partial charge >= 0.3 is 0 Å². The van der Waals surface area contributed by atoms with Gasteiger partial charge in [0.2, 0.25) is 0 Å². The Morgan fingerprint density at radius 2 is 2.00 bits per heavy atom. The zero-order chi connectivity index (χ0) is 13.1. The van der Waals surface area contributed by atoms with E-state index in [0.29, 0.717) is 5.69 Å². The number of carbonyl (C=O) groups excluding carboxylic acids is 1. The van der Waals surface area contributed by atoms with Crippen LogP contribution in [0.2, 0.25) is 5.15 Å². The minimum Gasteiger partial charge on any atom is -0.319 e. The van der Waals surface area contributed by atoms with Gasteiger partial charge in [-0.05, 0) is 26.0 Å². The summed E-state index contributed by atoms with van der Waals surface area (Å²) in [4.78, 5) is 23.8. The van der Waals surface area contributed by atoms with E-state index in [1.807, 2.05) is 19.9 Å². The van der Waals surface area contributed by atoms with Crippen LogP contribution >= 0.6 is 11.6 Å². The summed E-state index contributed by atoms with van der Waals surface area (Å²) >= 11 is 5.60. The Balaban J connectivity index is 2.18. The molecule has 0 bridgehead atoms. The number of aromatic nitrogens is 3. The fourth-order valence-electron chi connectivity index (χ4n) is 1.43. The third kappa shape index (κ3) is 2.81. The van der Waals surface area contributed by atoms with Crippen LogP contribution < -0.4 is 5.32 Å². The first-order valence-electron chi connectivity index (χ1n) is 5.29. The van der Waals surface area contributed by atoms with Gasteiger partial charge in [0, 0.05) is 5.69 Å². The summed E-state index contributed by atoms with van der Waals surface area (Å²) in [7, 11) is 0. The van der Waals surface area contributed by atoms with Crippen molar-refractivity contribution in [3.63, 3.8) is 0 Å². The normalized spacial score (nSPS) is 10.2. The number of anilines is 1. The molecule has 6 heteroatoms. The van der Waals surface area contributed by atoms with Crippen LogP contribution in [-0.4, -0.2) is 20.9 Å². The van der Waals surface area contributed by atoms with Crippen molar-refractivity contribution < 1.29 is 4.79 Å². The Morgan fingerprint density at radius 3 is 2.61 bits per heavy atom. The van der Waals surface area contributed by atoms with Crippen LogP contribution in [0.5, 0.6) is 0 Å². The lowest BCUT2D eigenvalue weighted by atomic mass is 10.2. The van der Waals surface area contributed by atoms with E-state index < -0.39 is 0 Å². The van der Waals surface area contributed by atoms with E-state index in [2.05, 4.69) is 20.3 Å². The number of hydrogen-bond donors (Lipinski definition) is 1. The SMILES string of the molecule is Cc1ccc(NC(=O)c2cnc(Cl)cn2)c(C)n1. The van der Waals surface area contributed by atoms with Gasteiger partial charge in [0.15, 0.2) is 0 Å². The molecule has 0 radical (unpaired) electrons. The molecule has 0 aliphatic heterocycles. The number of carbonyl (C=O) groups is 1. The van der Waals surface area contributed by atoms with Crippen molar-refractivity contribution in [3.05, 3.63) is 46.8 Å². The van der Waals surface area contributed by atoms with Gasteiger partial charge in [-0.25, -0.2) is 9.97 Å². The third-order valence-electron chi connectivity index (χ3n) is 2.33. The van der Waals surface area contributed by atoms with E-state index in [0.717, 1.165) is 11.4 Å². The van der Waals surface area contributed by atoms with Crippen LogP contribution in [0.4, 0.5) is 5.69 Å². The summed E-state index contributed by atoms with van der Waals surface area (Å²) in [6.07, 6.45) is 2.66. The topological polar surface area (TPSA) is 67.8 Å². The van der Waals surface area contributed by atoms with Gasteiger partial charge in [-0.1, -0.05) is 11.6 Å². The van der Waals surface area contributed by atoms with Crippen LogP contribution in [0.25, 0.3) is 0 Å². The lowest BCUT2D eigenvalue weighted by molar-refractivity contribution is 0.102. The molecule has 92 valence electrons. The zero-order valence-corrected chi connectivity index (χ0v) is 10.7. The predicted octanol–water partition coefficient (Wildman–Crippen LogP) is 2.39. The zero-order valence-electron chi connectivity index (χ0n) is 9.94. The highest BCUT2D eigenvalue weighted by Gasteiger charge is 2.10.